The van der Waals surface area contributed by atoms with E-state index in [0.29, 0.717) is 17.0 Å². The average molecular weight is 331 g/mol. The van der Waals surface area contributed by atoms with Crippen molar-refractivity contribution < 1.29 is 0 Å². The third-order valence-electron chi connectivity index (χ3n) is 4.50. The second kappa shape index (κ2) is 7.75. The molecular weight excluding hydrogens is 308 g/mol. The number of nitrogens with one attached hydrogen (secondary N) is 1. The van der Waals surface area contributed by atoms with Gasteiger partial charge in [-0.25, -0.2) is 4.98 Å². The maximum atomic E-state index is 5.88. The van der Waals surface area contributed by atoms with Gasteiger partial charge in [-0.05, 0) is 37.4 Å². The van der Waals surface area contributed by atoms with Gasteiger partial charge in [0.05, 0.1) is 12.4 Å². The number of likely N-dealkylation sites (tertiary alicyclic amines) is 1. The van der Waals surface area contributed by atoms with Gasteiger partial charge in [-0.3, -0.25) is 9.88 Å². The molecule has 3 rings (SSSR count). The summed E-state index contributed by atoms with van der Waals surface area (Å²) in [5, 5.41) is 3.72. The first-order chi connectivity index (χ1) is 11.2. The summed E-state index contributed by atoms with van der Waals surface area (Å²) in [6, 6.07) is 9.27. The average Bonchev–Trinajstić information content (AvgIpc) is 2.56. The third-order valence-corrected chi connectivity index (χ3v) is 4.68. The van der Waals surface area contributed by atoms with Crippen LogP contribution in [0, 0.1) is 0 Å². The van der Waals surface area contributed by atoms with Crippen molar-refractivity contribution in [2.75, 3.05) is 11.9 Å². The SMILES string of the molecule is CC1CCCCN1Cc1ccccc1CNc1cncc(Cl)n1. The van der Waals surface area contributed by atoms with Crippen molar-refractivity contribution in [2.45, 2.75) is 45.3 Å². The molecule has 0 aliphatic carbocycles. The van der Waals surface area contributed by atoms with Crippen molar-refractivity contribution in [1.82, 2.24) is 14.9 Å². The van der Waals surface area contributed by atoms with Gasteiger partial charge >= 0.3 is 0 Å². The molecule has 1 saturated heterocycles. The lowest BCUT2D eigenvalue weighted by Gasteiger charge is -2.33. The van der Waals surface area contributed by atoms with E-state index in [2.05, 4.69) is 51.4 Å². The summed E-state index contributed by atoms with van der Waals surface area (Å²) >= 11 is 5.88. The predicted molar refractivity (Wildman–Crippen MR) is 94.5 cm³/mol. The number of hydrogen-bond donors (Lipinski definition) is 1. The third kappa shape index (κ3) is 4.43. The molecule has 5 heteroatoms. The van der Waals surface area contributed by atoms with Crippen molar-refractivity contribution in [3.63, 3.8) is 0 Å². The van der Waals surface area contributed by atoms with E-state index in [-0.39, 0.29) is 0 Å². The van der Waals surface area contributed by atoms with Crippen molar-refractivity contribution >= 4 is 17.4 Å². The molecule has 1 aromatic carbocycles. The quantitative estimate of drug-likeness (QED) is 0.895. The lowest BCUT2D eigenvalue weighted by molar-refractivity contribution is 0.152. The van der Waals surface area contributed by atoms with Gasteiger partial charge in [0.2, 0.25) is 0 Å². The van der Waals surface area contributed by atoms with E-state index >= 15 is 0 Å². The van der Waals surface area contributed by atoms with Crippen LogP contribution in [0.5, 0.6) is 0 Å². The molecule has 0 spiro atoms. The Kier molecular flexibility index (Phi) is 5.47. The van der Waals surface area contributed by atoms with Crippen LogP contribution in [0.25, 0.3) is 0 Å². The van der Waals surface area contributed by atoms with E-state index in [1.54, 1.807) is 12.4 Å². The molecule has 1 N–H and O–H groups in total. The molecule has 0 bridgehead atoms. The molecule has 1 aliphatic heterocycles. The number of piperidine rings is 1. The monoisotopic (exact) mass is 330 g/mol. The van der Waals surface area contributed by atoms with Crippen LogP contribution in [0.3, 0.4) is 0 Å². The standard InChI is InChI=1S/C18H23ClN4/c1-14-6-4-5-9-23(14)13-16-8-3-2-7-15(16)10-21-18-12-20-11-17(19)22-18/h2-3,7-8,11-12,14H,4-6,9-10,13H2,1H3,(H,21,22). The topological polar surface area (TPSA) is 41.0 Å². The zero-order chi connectivity index (χ0) is 16.1. The van der Waals surface area contributed by atoms with Crippen LogP contribution in [0.15, 0.2) is 36.7 Å². The number of anilines is 1. The minimum atomic E-state index is 0.408. The maximum absolute atomic E-state index is 5.88. The molecule has 2 heterocycles. The molecule has 0 amide bonds. The van der Waals surface area contributed by atoms with Crippen molar-refractivity contribution in [3.05, 3.63) is 52.9 Å². The first-order valence-corrected chi connectivity index (χ1v) is 8.62. The molecule has 1 unspecified atom stereocenters. The van der Waals surface area contributed by atoms with E-state index in [9.17, 15) is 0 Å². The van der Waals surface area contributed by atoms with Crippen molar-refractivity contribution in [2.24, 2.45) is 0 Å². The Morgan fingerprint density at radius 1 is 1.22 bits per heavy atom. The lowest BCUT2D eigenvalue weighted by atomic mass is 10.0. The molecular formula is C18H23ClN4. The van der Waals surface area contributed by atoms with Gasteiger partial charge in [0.25, 0.3) is 0 Å². The Morgan fingerprint density at radius 2 is 2.04 bits per heavy atom. The van der Waals surface area contributed by atoms with Crippen LogP contribution >= 0.6 is 11.6 Å². The Labute approximate surface area is 142 Å². The van der Waals surface area contributed by atoms with Gasteiger partial charge in [0, 0.05) is 19.1 Å². The van der Waals surface area contributed by atoms with Gasteiger partial charge in [-0.1, -0.05) is 42.3 Å². The lowest BCUT2D eigenvalue weighted by Crippen LogP contribution is -2.37. The van der Waals surface area contributed by atoms with E-state index in [4.69, 9.17) is 11.6 Å². The van der Waals surface area contributed by atoms with Crippen LogP contribution in [-0.4, -0.2) is 27.5 Å². The summed E-state index contributed by atoms with van der Waals surface area (Å²) < 4.78 is 0. The highest BCUT2D eigenvalue weighted by atomic mass is 35.5. The van der Waals surface area contributed by atoms with Gasteiger partial charge in [-0.15, -0.1) is 0 Å². The summed E-state index contributed by atoms with van der Waals surface area (Å²) in [4.78, 5) is 10.9. The second-order valence-corrected chi connectivity index (χ2v) is 6.55. The molecule has 0 saturated carbocycles. The van der Waals surface area contributed by atoms with Gasteiger partial charge in [0.1, 0.15) is 11.0 Å². The number of halogens is 1. The molecule has 2 aromatic rings. The van der Waals surface area contributed by atoms with E-state index in [1.807, 2.05) is 0 Å². The van der Waals surface area contributed by atoms with Crippen LogP contribution in [0.1, 0.15) is 37.3 Å². The number of rotatable bonds is 5. The Bertz CT molecular complexity index is 646. The molecule has 23 heavy (non-hydrogen) atoms. The summed E-state index contributed by atoms with van der Waals surface area (Å²) in [7, 11) is 0. The zero-order valence-corrected chi connectivity index (χ0v) is 14.3. The number of aromatic nitrogens is 2. The second-order valence-electron chi connectivity index (χ2n) is 6.16. The Hall–Kier alpha value is -1.65. The fraction of sp³-hybridized carbons (Fsp3) is 0.444. The maximum Gasteiger partial charge on any atom is 0.149 e. The van der Waals surface area contributed by atoms with E-state index < -0.39 is 0 Å². The molecule has 1 aliphatic rings. The first-order valence-electron chi connectivity index (χ1n) is 8.24. The molecule has 1 aromatic heterocycles. The summed E-state index contributed by atoms with van der Waals surface area (Å²) in [5.74, 6) is 0.707. The van der Waals surface area contributed by atoms with Crippen molar-refractivity contribution in [3.8, 4) is 0 Å². The highest BCUT2D eigenvalue weighted by Gasteiger charge is 2.19. The van der Waals surface area contributed by atoms with Gasteiger partial charge in [0.15, 0.2) is 0 Å². The molecule has 4 nitrogen and oxygen atoms in total. The van der Waals surface area contributed by atoms with Crippen molar-refractivity contribution in [1.29, 1.82) is 0 Å². The minimum absolute atomic E-state index is 0.408. The number of hydrogen-bond acceptors (Lipinski definition) is 4. The summed E-state index contributed by atoms with van der Waals surface area (Å²) in [5.41, 5.74) is 2.68. The minimum Gasteiger partial charge on any atom is -0.365 e. The zero-order valence-electron chi connectivity index (χ0n) is 13.5. The Balaban J connectivity index is 1.67. The molecule has 0 radical (unpaired) electrons. The molecule has 122 valence electrons. The van der Waals surface area contributed by atoms with Gasteiger partial charge < -0.3 is 5.32 Å². The highest BCUT2D eigenvalue weighted by molar-refractivity contribution is 6.29. The fourth-order valence-electron chi connectivity index (χ4n) is 3.11. The Morgan fingerprint density at radius 3 is 2.83 bits per heavy atom. The van der Waals surface area contributed by atoms with Crippen LogP contribution in [0.4, 0.5) is 5.82 Å². The number of nitrogens with zero attached hydrogens (tertiary/aromatic N) is 3. The normalized spacial score (nSPS) is 18.8. The molecule has 1 atom stereocenters. The van der Waals surface area contributed by atoms with Gasteiger partial charge in [-0.2, -0.15) is 0 Å². The fourth-order valence-corrected chi connectivity index (χ4v) is 3.26. The van der Waals surface area contributed by atoms with Crippen LogP contribution < -0.4 is 5.32 Å². The van der Waals surface area contributed by atoms with E-state index in [1.165, 1.54) is 36.9 Å². The summed E-state index contributed by atoms with van der Waals surface area (Å²) in [6.45, 7) is 5.28. The highest BCUT2D eigenvalue weighted by Crippen LogP contribution is 2.21. The first kappa shape index (κ1) is 16.2. The number of benzene rings is 1. The summed E-state index contributed by atoms with van der Waals surface area (Å²) in [6.07, 6.45) is 7.20. The predicted octanol–water partition coefficient (Wildman–Crippen LogP) is 4.12. The smallest absolute Gasteiger partial charge is 0.149 e. The van der Waals surface area contributed by atoms with E-state index in [0.717, 1.165) is 13.1 Å². The van der Waals surface area contributed by atoms with Crippen LogP contribution in [-0.2, 0) is 13.1 Å². The van der Waals surface area contributed by atoms with Crippen LogP contribution in [0.2, 0.25) is 5.15 Å². The largest absolute Gasteiger partial charge is 0.365 e. The molecule has 1 fully saturated rings.